The Morgan fingerprint density at radius 2 is 1.71 bits per heavy atom. The highest BCUT2D eigenvalue weighted by molar-refractivity contribution is 8.00. The molecule has 1 atom stereocenters. The maximum atomic E-state index is 12.9. The highest BCUT2D eigenvalue weighted by atomic mass is 32.2. The van der Waals surface area contributed by atoms with Gasteiger partial charge in [0.25, 0.3) is 0 Å². The average molecular weight is 406 g/mol. The summed E-state index contributed by atoms with van der Waals surface area (Å²) in [5.41, 5.74) is 1.31. The summed E-state index contributed by atoms with van der Waals surface area (Å²) >= 11 is 1.19. The minimum atomic E-state index is -0.370. The maximum absolute atomic E-state index is 12.9. The number of ether oxygens (including phenoxy) is 2. The number of benzene rings is 2. The van der Waals surface area contributed by atoms with E-state index in [-0.39, 0.29) is 35.2 Å². The minimum absolute atomic E-state index is 0.113. The number of carbonyl (C=O) groups excluding carboxylic acids is 2. The van der Waals surface area contributed by atoms with Crippen molar-refractivity contribution in [2.45, 2.75) is 13.0 Å². The fourth-order valence-electron chi connectivity index (χ4n) is 2.51. The van der Waals surface area contributed by atoms with Crippen LogP contribution in [0.2, 0.25) is 0 Å². The van der Waals surface area contributed by atoms with Crippen LogP contribution in [0, 0.1) is 5.82 Å². The van der Waals surface area contributed by atoms with E-state index >= 15 is 0 Å². The van der Waals surface area contributed by atoms with E-state index in [1.54, 1.807) is 26.4 Å². The Balaban J connectivity index is 1.80. The molecule has 150 valence electrons. The van der Waals surface area contributed by atoms with Crippen LogP contribution in [0.4, 0.5) is 10.1 Å². The van der Waals surface area contributed by atoms with Crippen LogP contribution in [-0.4, -0.2) is 37.5 Å². The first kappa shape index (κ1) is 21.6. The van der Waals surface area contributed by atoms with Crippen LogP contribution in [0.25, 0.3) is 0 Å². The number of anilines is 1. The first-order chi connectivity index (χ1) is 13.4. The van der Waals surface area contributed by atoms with Crippen LogP contribution in [0.5, 0.6) is 11.5 Å². The summed E-state index contributed by atoms with van der Waals surface area (Å²) in [6.07, 6.45) is 0. The van der Waals surface area contributed by atoms with Gasteiger partial charge in [0.2, 0.25) is 11.8 Å². The summed E-state index contributed by atoms with van der Waals surface area (Å²) in [6, 6.07) is 10.6. The van der Waals surface area contributed by atoms with Crippen LogP contribution in [0.1, 0.15) is 18.5 Å². The van der Waals surface area contributed by atoms with Crippen LogP contribution < -0.4 is 20.1 Å². The summed E-state index contributed by atoms with van der Waals surface area (Å²) in [4.78, 5) is 24.1. The molecule has 0 aliphatic heterocycles. The minimum Gasteiger partial charge on any atom is -0.497 e. The van der Waals surface area contributed by atoms with Gasteiger partial charge < -0.3 is 20.1 Å². The molecule has 0 radical (unpaired) electrons. The second kappa shape index (κ2) is 10.6. The molecule has 2 amide bonds. The molecule has 0 aliphatic rings. The van der Waals surface area contributed by atoms with E-state index in [1.165, 1.54) is 36.0 Å². The van der Waals surface area contributed by atoms with Gasteiger partial charge in [-0.25, -0.2) is 4.39 Å². The Kier molecular flexibility index (Phi) is 8.13. The van der Waals surface area contributed by atoms with E-state index in [0.717, 1.165) is 5.56 Å². The van der Waals surface area contributed by atoms with Crippen molar-refractivity contribution in [1.82, 2.24) is 5.32 Å². The summed E-state index contributed by atoms with van der Waals surface area (Å²) in [7, 11) is 3.14. The largest absolute Gasteiger partial charge is 0.497 e. The lowest BCUT2D eigenvalue weighted by atomic mass is 10.1. The van der Waals surface area contributed by atoms with Gasteiger partial charge in [0.05, 0.1) is 31.8 Å². The molecule has 8 heteroatoms. The zero-order valence-electron chi connectivity index (χ0n) is 16.0. The van der Waals surface area contributed by atoms with Gasteiger partial charge in [-0.1, -0.05) is 0 Å². The smallest absolute Gasteiger partial charge is 0.234 e. The van der Waals surface area contributed by atoms with Gasteiger partial charge in [-0.05, 0) is 49.4 Å². The second-order valence-electron chi connectivity index (χ2n) is 5.94. The summed E-state index contributed by atoms with van der Waals surface area (Å²) in [5.74, 6) is 0.744. The van der Waals surface area contributed by atoms with Gasteiger partial charge in [0.15, 0.2) is 0 Å². The number of thioether (sulfide) groups is 1. The van der Waals surface area contributed by atoms with Crippen molar-refractivity contribution in [2.24, 2.45) is 0 Å². The fraction of sp³-hybridized carbons (Fsp3) is 0.300. The molecule has 0 saturated carbocycles. The van der Waals surface area contributed by atoms with Crippen molar-refractivity contribution < 1.29 is 23.5 Å². The van der Waals surface area contributed by atoms with E-state index < -0.39 is 0 Å². The predicted octanol–water partition coefficient (Wildman–Crippen LogP) is 3.39. The number of carbonyl (C=O) groups is 2. The lowest BCUT2D eigenvalue weighted by molar-refractivity contribution is -0.119. The first-order valence-electron chi connectivity index (χ1n) is 8.57. The van der Waals surface area contributed by atoms with Gasteiger partial charge in [0.1, 0.15) is 17.3 Å². The molecule has 2 aromatic rings. The lowest BCUT2D eigenvalue weighted by Gasteiger charge is -2.18. The van der Waals surface area contributed by atoms with E-state index in [0.29, 0.717) is 17.2 Å². The van der Waals surface area contributed by atoms with Crippen molar-refractivity contribution in [3.8, 4) is 11.5 Å². The molecule has 2 N–H and O–H groups in total. The fourth-order valence-corrected chi connectivity index (χ4v) is 3.13. The normalized spacial score (nSPS) is 11.4. The van der Waals surface area contributed by atoms with Gasteiger partial charge >= 0.3 is 0 Å². The molecule has 0 unspecified atom stereocenters. The van der Waals surface area contributed by atoms with Crippen molar-refractivity contribution in [3.05, 3.63) is 53.8 Å². The third kappa shape index (κ3) is 6.45. The van der Waals surface area contributed by atoms with E-state index in [2.05, 4.69) is 10.6 Å². The van der Waals surface area contributed by atoms with Crippen molar-refractivity contribution in [1.29, 1.82) is 0 Å². The van der Waals surface area contributed by atoms with E-state index in [9.17, 15) is 14.0 Å². The molecule has 6 nitrogen and oxygen atoms in total. The van der Waals surface area contributed by atoms with Crippen LogP contribution in [0.15, 0.2) is 42.5 Å². The molecule has 0 spiro atoms. The zero-order valence-corrected chi connectivity index (χ0v) is 16.8. The first-order valence-corrected chi connectivity index (χ1v) is 9.73. The standard InChI is InChI=1S/C20H23FN2O4S/c1-13(17-10-16(26-2)8-9-18(17)27-3)22-19(24)11-28-12-20(25)23-15-6-4-14(21)5-7-15/h4-10,13H,11-12H2,1-3H3,(H,22,24)(H,23,25)/t13-/m0/s1. The monoisotopic (exact) mass is 406 g/mol. The number of hydrogen-bond acceptors (Lipinski definition) is 5. The van der Waals surface area contributed by atoms with Crippen LogP contribution in [0.3, 0.4) is 0 Å². The van der Waals surface area contributed by atoms with Crippen molar-refractivity contribution in [2.75, 3.05) is 31.0 Å². The summed E-state index contributed by atoms with van der Waals surface area (Å²) in [5, 5.41) is 5.53. The molecule has 0 bridgehead atoms. The Morgan fingerprint density at radius 1 is 1.04 bits per heavy atom. The summed E-state index contributed by atoms with van der Waals surface area (Å²) in [6.45, 7) is 1.85. The van der Waals surface area contributed by atoms with Crippen LogP contribution >= 0.6 is 11.8 Å². The second-order valence-corrected chi connectivity index (χ2v) is 6.93. The molecule has 28 heavy (non-hydrogen) atoms. The topological polar surface area (TPSA) is 76.7 Å². The van der Waals surface area contributed by atoms with Gasteiger partial charge in [0, 0.05) is 11.3 Å². The maximum Gasteiger partial charge on any atom is 0.234 e. The molecular formula is C20H23FN2O4S. The molecular weight excluding hydrogens is 383 g/mol. The Bertz CT molecular complexity index is 814. The highest BCUT2D eigenvalue weighted by Crippen LogP contribution is 2.29. The number of halogens is 1. The quantitative estimate of drug-likeness (QED) is 0.668. The molecule has 0 fully saturated rings. The van der Waals surface area contributed by atoms with Crippen LogP contribution in [-0.2, 0) is 9.59 Å². The molecule has 0 aromatic heterocycles. The lowest BCUT2D eigenvalue weighted by Crippen LogP contribution is -2.29. The SMILES string of the molecule is COc1ccc(OC)c([C@H](C)NC(=O)CSCC(=O)Nc2ccc(F)cc2)c1. The van der Waals surface area contributed by atoms with E-state index in [1.807, 2.05) is 13.0 Å². The van der Waals surface area contributed by atoms with Gasteiger partial charge in [-0.15, -0.1) is 11.8 Å². The highest BCUT2D eigenvalue weighted by Gasteiger charge is 2.15. The van der Waals surface area contributed by atoms with Crippen molar-refractivity contribution >= 4 is 29.3 Å². The molecule has 0 heterocycles. The zero-order chi connectivity index (χ0) is 20.5. The number of nitrogens with one attached hydrogen (secondary N) is 2. The average Bonchev–Trinajstić information content (AvgIpc) is 2.69. The van der Waals surface area contributed by atoms with Crippen molar-refractivity contribution in [3.63, 3.8) is 0 Å². The third-order valence-corrected chi connectivity index (χ3v) is 4.81. The third-order valence-electron chi connectivity index (χ3n) is 3.88. The number of methoxy groups -OCH3 is 2. The molecule has 2 aromatic carbocycles. The molecule has 0 saturated heterocycles. The Hall–Kier alpha value is -2.74. The summed E-state index contributed by atoms with van der Waals surface area (Å²) < 4.78 is 23.4. The Labute approximate surface area is 167 Å². The number of amides is 2. The molecule has 0 aliphatic carbocycles. The predicted molar refractivity (Wildman–Crippen MR) is 108 cm³/mol. The van der Waals surface area contributed by atoms with E-state index in [4.69, 9.17) is 9.47 Å². The van der Waals surface area contributed by atoms with Gasteiger partial charge in [-0.3, -0.25) is 9.59 Å². The Morgan fingerprint density at radius 3 is 2.36 bits per heavy atom. The molecule has 2 rings (SSSR count). The number of hydrogen-bond donors (Lipinski definition) is 2. The van der Waals surface area contributed by atoms with Gasteiger partial charge in [-0.2, -0.15) is 0 Å². The number of rotatable bonds is 9.